The number of aromatic nitrogens is 2. The van der Waals surface area contributed by atoms with Crippen molar-refractivity contribution in [2.75, 3.05) is 0 Å². The molecule has 0 fully saturated rings. The lowest BCUT2D eigenvalue weighted by molar-refractivity contribution is -0.137. The molecule has 0 bridgehead atoms. The van der Waals surface area contributed by atoms with Crippen molar-refractivity contribution in [1.82, 2.24) is 9.97 Å². The third-order valence-electron chi connectivity index (χ3n) is 3.01. The SMILES string of the molecule is Cc1nc2c(C#N)ccc(Oc3ccc(C(F)(F)F)cn3)c2s1. The van der Waals surface area contributed by atoms with Crippen LogP contribution in [0.4, 0.5) is 13.2 Å². The van der Waals surface area contributed by atoms with E-state index >= 15 is 0 Å². The molecule has 0 unspecified atom stereocenters. The molecule has 0 aliphatic carbocycles. The number of aryl methyl sites for hydroxylation is 1. The molecule has 0 saturated heterocycles. The van der Waals surface area contributed by atoms with Gasteiger partial charge in [-0.15, -0.1) is 11.3 Å². The highest BCUT2D eigenvalue weighted by Gasteiger charge is 2.30. The summed E-state index contributed by atoms with van der Waals surface area (Å²) in [5.41, 5.74) is 0.0833. The van der Waals surface area contributed by atoms with Gasteiger partial charge in [-0.1, -0.05) is 0 Å². The van der Waals surface area contributed by atoms with Gasteiger partial charge in [-0.05, 0) is 25.1 Å². The van der Waals surface area contributed by atoms with Crippen molar-refractivity contribution in [2.45, 2.75) is 13.1 Å². The van der Waals surface area contributed by atoms with Crippen molar-refractivity contribution in [3.05, 3.63) is 46.6 Å². The number of rotatable bonds is 2. The van der Waals surface area contributed by atoms with Gasteiger partial charge < -0.3 is 4.74 Å². The van der Waals surface area contributed by atoms with E-state index in [4.69, 9.17) is 10.00 Å². The second-order valence-electron chi connectivity index (χ2n) is 4.62. The lowest BCUT2D eigenvalue weighted by Crippen LogP contribution is -2.05. The van der Waals surface area contributed by atoms with Gasteiger partial charge in [0.05, 0.1) is 20.8 Å². The van der Waals surface area contributed by atoms with Crippen molar-refractivity contribution in [1.29, 1.82) is 5.26 Å². The fourth-order valence-electron chi connectivity index (χ4n) is 1.98. The molecule has 23 heavy (non-hydrogen) atoms. The Balaban J connectivity index is 1.98. The summed E-state index contributed by atoms with van der Waals surface area (Å²) < 4.78 is 43.8. The quantitative estimate of drug-likeness (QED) is 0.682. The third-order valence-corrected chi connectivity index (χ3v) is 4.00. The molecule has 3 rings (SSSR count). The number of hydrogen-bond acceptors (Lipinski definition) is 5. The van der Waals surface area contributed by atoms with Gasteiger partial charge in [-0.25, -0.2) is 9.97 Å². The highest BCUT2D eigenvalue weighted by molar-refractivity contribution is 7.18. The molecule has 116 valence electrons. The zero-order valence-corrected chi connectivity index (χ0v) is 12.5. The second kappa shape index (κ2) is 5.52. The minimum Gasteiger partial charge on any atom is -0.437 e. The molecule has 0 saturated carbocycles. The maximum Gasteiger partial charge on any atom is 0.417 e. The van der Waals surface area contributed by atoms with Crippen LogP contribution in [0.5, 0.6) is 11.6 Å². The third kappa shape index (κ3) is 2.96. The molecule has 0 amide bonds. The molecule has 4 nitrogen and oxygen atoms in total. The van der Waals surface area contributed by atoms with Gasteiger partial charge >= 0.3 is 6.18 Å². The number of halogens is 3. The number of fused-ring (bicyclic) bond motifs is 1. The second-order valence-corrected chi connectivity index (χ2v) is 5.82. The van der Waals surface area contributed by atoms with Crippen molar-refractivity contribution < 1.29 is 17.9 Å². The Hall–Kier alpha value is -2.66. The Morgan fingerprint density at radius 2 is 2.00 bits per heavy atom. The van der Waals surface area contributed by atoms with Crippen molar-refractivity contribution >= 4 is 21.6 Å². The van der Waals surface area contributed by atoms with Crippen molar-refractivity contribution in [3.63, 3.8) is 0 Å². The average Bonchev–Trinajstić information content (AvgIpc) is 2.89. The summed E-state index contributed by atoms with van der Waals surface area (Å²) in [7, 11) is 0. The highest BCUT2D eigenvalue weighted by Crippen LogP contribution is 2.36. The normalized spacial score (nSPS) is 11.4. The lowest BCUT2D eigenvalue weighted by Gasteiger charge is -2.08. The predicted molar refractivity (Wildman–Crippen MR) is 78.4 cm³/mol. The minimum atomic E-state index is -4.44. The molecule has 8 heteroatoms. The molecule has 0 aliphatic rings. The molecule has 2 heterocycles. The monoisotopic (exact) mass is 335 g/mol. The van der Waals surface area contributed by atoms with Crippen LogP contribution in [-0.2, 0) is 6.18 Å². The van der Waals surface area contributed by atoms with E-state index in [1.54, 1.807) is 19.1 Å². The maximum absolute atomic E-state index is 12.5. The minimum absolute atomic E-state index is 0.0371. The van der Waals surface area contributed by atoms with E-state index in [1.165, 1.54) is 11.3 Å². The maximum atomic E-state index is 12.5. The van der Waals surface area contributed by atoms with Crippen LogP contribution in [0.15, 0.2) is 30.5 Å². The molecular formula is C15H8F3N3OS. The molecule has 0 aliphatic heterocycles. The number of nitriles is 1. The van der Waals surface area contributed by atoms with Gasteiger partial charge in [-0.3, -0.25) is 0 Å². The Bertz CT molecular complexity index is 911. The fraction of sp³-hybridized carbons (Fsp3) is 0.133. The van der Waals surface area contributed by atoms with E-state index < -0.39 is 11.7 Å². The van der Waals surface area contributed by atoms with Crippen LogP contribution in [0.3, 0.4) is 0 Å². The summed E-state index contributed by atoms with van der Waals surface area (Å²) in [6, 6.07) is 7.24. The van der Waals surface area contributed by atoms with Crippen LogP contribution < -0.4 is 4.74 Å². The molecule has 0 N–H and O–H groups in total. The number of hydrogen-bond donors (Lipinski definition) is 0. The molecular weight excluding hydrogens is 327 g/mol. The van der Waals surface area contributed by atoms with Gasteiger partial charge in [0, 0.05) is 12.3 Å². The predicted octanol–water partition coefficient (Wildman–Crippen LogP) is 4.68. The van der Waals surface area contributed by atoms with Crippen LogP contribution in [0.25, 0.3) is 10.2 Å². The zero-order valence-electron chi connectivity index (χ0n) is 11.7. The molecule has 0 atom stereocenters. The van der Waals surface area contributed by atoms with Crippen LogP contribution in [0, 0.1) is 18.3 Å². The summed E-state index contributed by atoms with van der Waals surface area (Å²) in [4.78, 5) is 7.95. The first-order chi connectivity index (χ1) is 10.9. The van der Waals surface area contributed by atoms with E-state index in [0.717, 1.165) is 17.1 Å². The van der Waals surface area contributed by atoms with Gasteiger partial charge in [0.2, 0.25) is 5.88 Å². The van der Waals surface area contributed by atoms with Gasteiger partial charge in [0.1, 0.15) is 17.3 Å². The molecule has 2 aromatic heterocycles. The van der Waals surface area contributed by atoms with E-state index in [0.29, 0.717) is 27.7 Å². The van der Waals surface area contributed by atoms with Crippen molar-refractivity contribution in [3.8, 4) is 17.7 Å². The first-order valence-corrected chi connectivity index (χ1v) is 7.21. The van der Waals surface area contributed by atoms with Crippen LogP contribution in [0.2, 0.25) is 0 Å². The Labute approximate surface area is 132 Å². The van der Waals surface area contributed by atoms with E-state index in [1.807, 2.05) is 6.07 Å². The summed E-state index contributed by atoms with van der Waals surface area (Å²) in [6.45, 7) is 1.80. The van der Waals surface area contributed by atoms with Gasteiger partial charge in [0.25, 0.3) is 0 Å². The lowest BCUT2D eigenvalue weighted by atomic mass is 10.2. The standard InChI is InChI=1S/C15H8F3N3OS/c1-8-21-13-9(6-19)2-4-11(14(13)23-8)22-12-5-3-10(7-20-12)15(16,17)18/h2-5,7H,1H3. The summed E-state index contributed by atoms with van der Waals surface area (Å²) in [5.74, 6) is 0.437. The number of ether oxygens (including phenoxy) is 1. The summed E-state index contributed by atoms with van der Waals surface area (Å²) >= 11 is 1.34. The van der Waals surface area contributed by atoms with Crippen LogP contribution in [0.1, 0.15) is 16.1 Å². The fourth-order valence-corrected chi connectivity index (χ4v) is 2.88. The molecule has 1 aromatic carbocycles. The zero-order chi connectivity index (χ0) is 16.6. The van der Waals surface area contributed by atoms with Crippen LogP contribution in [-0.4, -0.2) is 9.97 Å². The van der Waals surface area contributed by atoms with Crippen LogP contribution >= 0.6 is 11.3 Å². The molecule has 0 radical (unpaired) electrons. The Morgan fingerprint density at radius 3 is 2.61 bits per heavy atom. The molecule has 0 spiro atoms. The number of thiazole rings is 1. The first kappa shape index (κ1) is 15.2. The smallest absolute Gasteiger partial charge is 0.417 e. The first-order valence-electron chi connectivity index (χ1n) is 6.40. The topological polar surface area (TPSA) is 58.8 Å². The largest absolute Gasteiger partial charge is 0.437 e. The van der Waals surface area contributed by atoms with Gasteiger partial charge in [-0.2, -0.15) is 18.4 Å². The number of pyridine rings is 1. The highest BCUT2D eigenvalue weighted by atomic mass is 32.1. The van der Waals surface area contributed by atoms with E-state index in [-0.39, 0.29) is 5.88 Å². The molecule has 3 aromatic rings. The number of alkyl halides is 3. The van der Waals surface area contributed by atoms with Crippen molar-refractivity contribution in [2.24, 2.45) is 0 Å². The van der Waals surface area contributed by atoms with E-state index in [2.05, 4.69) is 9.97 Å². The average molecular weight is 335 g/mol. The summed E-state index contributed by atoms with van der Waals surface area (Å²) in [5, 5.41) is 9.84. The Kier molecular flexibility index (Phi) is 3.66. The number of nitrogens with zero attached hydrogens (tertiary/aromatic N) is 3. The van der Waals surface area contributed by atoms with E-state index in [9.17, 15) is 13.2 Å². The summed E-state index contributed by atoms with van der Waals surface area (Å²) in [6.07, 6.45) is -3.73. The number of benzene rings is 1. The van der Waals surface area contributed by atoms with Gasteiger partial charge in [0.15, 0.2) is 0 Å². The Morgan fingerprint density at radius 1 is 1.22 bits per heavy atom.